The van der Waals surface area contributed by atoms with Crippen molar-refractivity contribution in [1.29, 1.82) is 0 Å². The van der Waals surface area contributed by atoms with Crippen molar-refractivity contribution in [1.82, 2.24) is 4.90 Å². The second-order valence-corrected chi connectivity index (χ2v) is 6.14. The number of amides is 1. The van der Waals surface area contributed by atoms with Gasteiger partial charge >= 0.3 is 0 Å². The van der Waals surface area contributed by atoms with Gasteiger partial charge in [0, 0.05) is 17.1 Å². The highest BCUT2D eigenvalue weighted by Gasteiger charge is 2.28. The fraction of sp³-hybridized carbons (Fsp3) is 0.562. The van der Waals surface area contributed by atoms with Gasteiger partial charge in [0.05, 0.1) is 12.7 Å². The molecule has 0 N–H and O–H groups in total. The summed E-state index contributed by atoms with van der Waals surface area (Å²) in [5.41, 5.74) is 0.701. The lowest BCUT2D eigenvalue weighted by atomic mass is 9.97. The van der Waals surface area contributed by atoms with Crippen LogP contribution in [0, 0.1) is 0 Å². The van der Waals surface area contributed by atoms with Crippen molar-refractivity contribution in [2.45, 2.75) is 45.1 Å². The molecule has 1 saturated heterocycles. The minimum atomic E-state index is 0.119. The molecule has 0 aliphatic carbocycles. The molecule has 1 amide bonds. The van der Waals surface area contributed by atoms with Crippen molar-refractivity contribution in [2.24, 2.45) is 0 Å². The summed E-state index contributed by atoms with van der Waals surface area (Å²) in [6, 6.07) is 5.95. The molecule has 1 aromatic carbocycles. The second-order valence-electron chi connectivity index (χ2n) is 5.28. The van der Waals surface area contributed by atoms with E-state index in [0.29, 0.717) is 11.6 Å². The van der Waals surface area contributed by atoms with Gasteiger partial charge in [-0.1, -0.05) is 13.3 Å². The molecule has 1 aliphatic rings. The van der Waals surface area contributed by atoms with Gasteiger partial charge in [0.2, 0.25) is 0 Å². The van der Waals surface area contributed by atoms with Crippen molar-refractivity contribution in [3.8, 4) is 5.75 Å². The van der Waals surface area contributed by atoms with Crippen LogP contribution in [0.4, 0.5) is 0 Å². The predicted octanol–water partition coefficient (Wildman–Crippen LogP) is 4.25. The van der Waals surface area contributed by atoms with Crippen LogP contribution in [0.2, 0.25) is 0 Å². The van der Waals surface area contributed by atoms with Crippen LogP contribution in [-0.2, 0) is 0 Å². The number of piperidine rings is 1. The van der Waals surface area contributed by atoms with E-state index in [-0.39, 0.29) is 5.91 Å². The Bertz CT molecular complexity index is 474. The van der Waals surface area contributed by atoms with Crippen molar-refractivity contribution >= 4 is 21.8 Å². The van der Waals surface area contributed by atoms with Crippen LogP contribution in [-0.4, -0.2) is 30.5 Å². The van der Waals surface area contributed by atoms with E-state index in [9.17, 15) is 4.79 Å². The van der Waals surface area contributed by atoms with E-state index in [1.165, 1.54) is 6.42 Å². The number of carbonyl (C=O) groups excluding carboxylic acids is 1. The average Bonchev–Trinajstić information content (AvgIpc) is 2.48. The number of rotatable bonds is 4. The molecule has 0 spiro atoms. The lowest BCUT2D eigenvalue weighted by Crippen LogP contribution is -2.43. The van der Waals surface area contributed by atoms with Gasteiger partial charge in [-0.3, -0.25) is 4.79 Å². The number of hydrogen-bond acceptors (Lipinski definition) is 2. The molecule has 1 aromatic rings. The maximum absolute atomic E-state index is 12.8. The second kappa shape index (κ2) is 7.11. The van der Waals surface area contributed by atoms with Crippen molar-refractivity contribution < 1.29 is 9.53 Å². The van der Waals surface area contributed by atoms with E-state index in [1.54, 1.807) is 7.11 Å². The number of hydrogen-bond donors (Lipinski definition) is 0. The summed E-state index contributed by atoms with van der Waals surface area (Å²) >= 11 is 3.48. The summed E-state index contributed by atoms with van der Waals surface area (Å²) in [4.78, 5) is 14.9. The first-order valence-corrected chi connectivity index (χ1v) is 8.11. The van der Waals surface area contributed by atoms with Gasteiger partial charge in [-0.05, 0) is 59.8 Å². The molecule has 0 saturated carbocycles. The molecular weight excluding hydrogens is 318 g/mol. The van der Waals surface area contributed by atoms with Gasteiger partial charge in [0.15, 0.2) is 0 Å². The first kappa shape index (κ1) is 15.4. The molecule has 2 rings (SSSR count). The number of likely N-dealkylation sites (tertiary alicyclic amines) is 1. The third-order valence-electron chi connectivity index (χ3n) is 3.91. The third kappa shape index (κ3) is 3.35. The van der Waals surface area contributed by atoms with E-state index in [2.05, 4.69) is 22.9 Å². The van der Waals surface area contributed by atoms with Crippen LogP contribution in [0.5, 0.6) is 5.75 Å². The molecule has 1 unspecified atom stereocenters. The number of methoxy groups -OCH3 is 1. The van der Waals surface area contributed by atoms with Crippen LogP contribution in [0.15, 0.2) is 22.7 Å². The molecule has 0 aromatic heterocycles. The molecule has 3 nitrogen and oxygen atoms in total. The standard InChI is InChI=1S/C16H22BrNO2/c1-3-6-12-7-4-5-10-18(12)16(19)14-11-13(20-2)8-9-15(14)17/h8-9,11-12H,3-7,10H2,1-2H3. The van der Waals surface area contributed by atoms with E-state index in [1.807, 2.05) is 23.1 Å². The molecule has 1 atom stereocenters. The summed E-state index contributed by atoms with van der Waals surface area (Å²) in [6.45, 7) is 3.05. The van der Waals surface area contributed by atoms with Gasteiger partial charge in [-0.15, -0.1) is 0 Å². The van der Waals surface area contributed by atoms with Crippen LogP contribution in [0.3, 0.4) is 0 Å². The molecule has 1 heterocycles. The van der Waals surface area contributed by atoms with Crippen molar-refractivity contribution in [2.75, 3.05) is 13.7 Å². The summed E-state index contributed by atoms with van der Waals surface area (Å²) < 4.78 is 6.07. The average molecular weight is 340 g/mol. The number of carbonyl (C=O) groups is 1. The van der Waals surface area contributed by atoms with Crippen molar-refractivity contribution in [3.05, 3.63) is 28.2 Å². The minimum Gasteiger partial charge on any atom is -0.497 e. The fourth-order valence-corrected chi connectivity index (χ4v) is 3.27. The summed E-state index contributed by atoms with van der Waals surface area (Å²) in [5.74, 6) is 0.842. The van der Waals surface area contributed by atoms with E-state index < -0.39 is 0 Å². The number of ether oxygens (including phenoxy) is 1. The largest absolute Gasteiger partial charge is 0.497 e. The first-order valence-electron chi connectivity index (χ1n) is 7.32. The predicted molar refractivity (Wildman–Crippen MR) is 84.3 cm³/mol. The SMILES string of the molecule is CCCC1CCCCN1C(=O)c1cc(OC)ccc1Br. The Morgan fingerprint density at radius 3 is 2.95 bits per heavy atom. The van der Waals surface area contributed by atoms with Gasteiger partial charge < -0.3 is 9.64 Å². The van der Waals surface area contributed by atoms with Crippen LogP contribution in [0.25, 0.3) is 0 Å². The maximum Gasteiger partial charge on any atom is 0.255 e. The zero-order chi connectivity index (χ0) is 14.5. The number of halogens is 1. The number of benzene rings is 1. The maximum atomic E-state index is 12.8. The highest BCUT2D eigenvalue weighted by molar-refractivity contribution is 9.10. The fourth-order valence-electron chi connectivity index (χ4n) is 2.85. The number of nitrogens with zero attached hydrogens (tertiary/aromatic N) is 1. The van der Waals surface area contributed by atoms with Gasteiger partial charge in [-0.2, -0.15) is 0 Å². The quantitative estimate of drug-likeness (QED) is 0.820. The van der Waals surface area contributed by atoms with Gasteiger partial charge in [-0.25, -0.2) is 0 Å². The van der Waals surface area contributed by atoms with Gasteiger partial charge in [0.1, 0.15) is 5.75 Å². The normalized spacial score (nSPS) is 18.9. The Balaban J connectivity index is 2.24. The molecule has 0 bridgehead atoms. The smallest absolute Gasteiger partial charge is 0.255 e. The Morgan fingerprint density at radius 1 is 1.45 bits per heavy atom. The van der Waals surface area contributed by atoms with E-state index >= 15 is 0 Å². The Morgan fingerprint density at radius 2 is 2.25 bits per heavy atom. The Labute approximate surface area is 129 Å². The minimum absolute atomic E-state index is 0.119. The van der Waals surface area contributed by atoms with E-state index in [4.69, 9.17) is 4.74 Å². The molecular formula is C16H22BrNO2. The lowest BCUT2D eigenvalue weighted by Gasteiger charge is -2.36. The van der Waals surface area contributed by atoms with Crippen LogP contribution in [0.1, 0.15) is 49.4 Å². The molecule has 1 fully saturated rings. The molecule has 110 valence electrons. The van der Waals surface area contributed by atoms with Crippen molar-refractivity contribution in [3.63, 3.8) is 0 Å². The summed E-state index contributed by atoms with van der Waals surface area (Å²) in [5, 5.41) is 0. The monoisotopic (exact) mass is 339 g/mol. The van der Waals surface area contributed by atoms with Crippen LogP contribution >= 0.6 is 15.9 Å². The topological polar surface area (TPSA) is 29.5 Å². The Kier molecular flexibility index (Phi) is 5.46. The van der Waals surface area contributed by atoms with Crippen LogP contribution < -0.4 is 4.74 Å². The van der Waals surface area contributed by atoms with Gasteiger partial charge in [0.25, 0.3) is 5.91 Å². The first-order chi connectivity index (χ1) is 9.67. The highest BCUT2D eigenvalue weighted by Crippen LogP contribution is 2.28. The third-order valence-corrected chi connectivity index (χ3v) is 4.61. The zero-order valence-electron chi connectivity index (χ0n) is 12.2. The summed E-state index contributed by atoms with van der Waals surface area (Å²) in [7, 11) is 1.62. The lowest BCUT2D eigenvalue weighted by molar-refractivity contribution is 0.0599. The highest BCUT2D eigenvalue weighted by atomic mass is 79.9. The van der Waals surface area contributed by atoms with E-state index in [0.717, 1.165) is 42.5 Å². The Hall–Kier alpha value is -1.03. The molecule has 1 aliphatic heterocycles. The molecule has 0 radical (unpaired) electrons. The zero-order valence-corrected chi connectivity index (χ0v) is 13.8. The molecule has 20 heavy (non-hydrogen) atoms. The molecule has 4 heteroatoms. The summed E-state index contributed by atoms with van der Waals surface area (Å²) in [6.07, 6.45) is 5.67.